The van der Waals surface area contributed by atoms with Crippen molar-refractivity contribution in [1.82, 2.24) is 4.57 Å². The molecule has 0 aliphatic heterocycles. The predicted molar refractivity (Wildman–Crippen MR) is 111 cm³/mol. The van der Waals surface area contributed by atoms with Crippen LogP contribution >= 0.6 is 11.6 Å². The van der Waals surface area contributed by atoms with E-state index in [0.717, 1.165) is 37.0 Å². The van der Waals surface area contributed by atoms with Crippen molar-refractivity contribution in [3.8, 4) is 5.75 Å². The van der Waals surface area contributed by atoms with Crippen LogP contribution in [-0.2, 0) is 19.4 Å². The van der Waals surface area contributed by atoms with Gasteiger partial charge >= 0.3 is 0 Å². The van der Waals surface area contributed by atoms with Gasteiger partial charge in [-0.3, -0.25) is 4.79 Å². The minimum atomic E-state index is -0.400. The second-order valence-electron chi connectivity index (χ2n) is 6.80. The van der Waals surface area contributed by atoms with Gasteiger partial charge in [0.05, 0.1) is 13.7 Å². The Morgan fingerprint density at radius 3 is 2.54 bits per heavy atom. The van der Waals surface area contributed by atoms with Gasteiger partial charge in [-0.2, -0.15) is 0 Å². The van der Waals surface area contributed by atoms with Crippen molar-refractivity contribution in [2.45, 2.75) is 32.2 Å². The Labute approximate surface area is 169 Å². The summed E-state index contributed by atoms with van der Waals surface area (Å²) in [5.74, 6) is 0.474. The zero-order valence-electron chi connectivity index (χ0n) is 15.8. The number of unbranched alkanes of at least 4 members (excludes halogenated alkanes) is 1. The largest absolute Gasteiger partial charge is 0.497 e. The lowest BCUT2D eigenvalue weighted by atomic mass is 10.0. The predicted octanol–water partition coefficient (Wildman–Crippen LogP) is 5.26. The van der Waals surface area contributed by atoms with Gasteiger partial charge in [-0.05, 0) is 61.1 Å². The van der Waals surface area contributed by atoms with Crippen molar-refractivity contribution >= 4 is 11.6 Å². The first-order valence-corrected chi connectivity index (χ1v) is 9.69. The van der Waals surface area contributed by atoms with Crippen molar-refractivity contribution < 1.29 is 9.13 Å². The number of hydrogen-bond donors (Lipinski definition) is 0. The first-order valence-electron chi connectivity index (χ1n) is 9.31. The average molecular weight is 400 g/mol. The molecule has 0 spiro atoms. The number of benzene rings is 2. The van der Waals surface area contributed by atoms with Crippen LogP contribution in [0.5, 0.6) is 5.75 Å². The lowest BCUT2D eigenvalue weighted by Gasteiger charge is -2.10. The van der Waals surface area contributed by atoms with Crippen LogP contribution in [0.4, 0.5) is 4.39 Å². The summed E-state index contributed by atoms with van der Waals surface area (Å²) in [4.78, 5) is 12.1. The standard InChI is InChI=1S/C23H23ClFNO2/c1-28-21-8-4-7-17(13-21)5-2-3-6-18-9-12-23(27)26(15-18)16-19-10-11-20(24)14-22(19)25/h4,7-15H,2-3,5-6,16H2,1H3. The molecular weight excluding hydrogens is 377 g/mol. The van der Waals surface area contributed by atoms with Crippen LogP contribution in [-0.4, -0.2) is 11.7 Å². The quantitative estimate of drug-likeness (QED) is 0.483. The van der Waals surface area contributed by atoms with Gasteiger partial charge in [0.15, 0.2) is 0 Å². The number of aromatic nitrogens is 1. The topological polar surface area (TPSA) is 31.2 Å². The highest BCUT2D eigenvalue weighted by Crippen LogP contribution is 2.17. The van der Waals surface area contributed by atoms with Crippen LogP contribution < -0.4 is 10.3 Å². The molecule has 3 nitrogen and oxygen atoms in total. The monoisotopic (exact) mass is 399 g/mol. The summed E-state index contributed by atoms with van der Waals surface area (Å²) < 4.78 is 20.8. The molecule has 0 aliphatic carbocycles. The fourth-order valence-corrected chi connectivity index (χ4v) is 3.33. The van der Waals surface area contributed by atoms with E-state index in [9.17, 15) is 9.18 Å². The van der Waals surface area contributed by atoms with E-state index >= 15 is 0 Å². The highest BCUT2D eigenvalue weighted by atomic mass is 35.5. The Morgan fingerprint density at radius 2 is 1.79 bits per heavy atom. The van der Waals surface area contributed by atoms with E-state index in [1.807, 2.05) is 24.4 Å². The van der Waals surface area contributed by atoms with Crippen LogP contribution in [0, 0.1) is 5.82 Å². The molecule has 2 aromatic carbocycles. The summed E-state index contributed by atoms with van der Waals surface area (Å²) in [7, 11) is 1.67. The highest BCUT2D eigenvalue weighted by Gasteiger charge is 2.06. The molecular formula is C23H23ClFNO2. The second kappa shape index (κ2) is 9.56. The molecule has 0 atom stereocenters. The van der Waals surface area contributed by atoms with E-state index < -0.39 is 5.82 Å². The fraction of sp³-hybridized carbons (Fsp3) is 0.261. The Morgan fingerprint density at radius 1 is 1.00 bits per heavy atom. The fourth-order valence-electron chi connectivity index (χ4n) is 3.17. The Kier molecular flexibility index (Phi) is 6.88. The maximum Gasteiger partial charge on any atom is 0.250 e. The minimum Gasteiger partial charge on any atom is -0.497 e. The number of ether oxygens (including phenoxy) is 1. The molecule has 3 rings (SSSR count). The number of methoxy groups -OCH3 is 1. The van der Waals surface area contributed by atoms with Gasteiger partial charge in [0.25, 0.3) is 5.56 Å². The highest BCUT2D eigenvalue weighted by molar-refractivity contribution is 6.30. The Hall–Kier alpha value is -2.59. The van der Waals surface area contributed by atoms with E-state index in [1.54, 1.807) is 29.9 Å². The molecule has 5 heteroatoms. The third-order valence-electron chi connectivity index (χ3n) is 4.72. The molecule has 0 N–H and O–H groups in total. The van der Waals surface area contributed by atoms with Gasteiger partial charge in [0.1, 0.15) is 11.6 Å². The van der Waals surface area contributed by atoms with Crippen LogP contribution in [0.3, 0.4) is 0 Å². The zero-order chi connectivity index (χ0) is 19.9. The summed E-state index contributed by atoms with van der Waals surface area (Å²) in [6, 6.07) is 16.0. The lowest BCUT2D eigenvalue weighted by molar-refractivity contribution is 0.414. The van der Waals surface area contributed by atoms with Gasteiger partial charge in [0.2, 0.25) is 0 Å². The molecule has 1 aromatic heterocycles. The van der Waals surface area contributed by atoms with Crippen molar-refractivity contribution in [3.05, 3.63) is 98.7 Å². The van der Waals surface area contributed by atoms with Gasteiger partial charge in [-0.15, -0.1) is 0 Å². The van der Waals surface area contributed by atoms with Crippen molar-refractivity contribution in [2.24, 2.45) is 0 Å². The number of pyridine rings is 1. The molecule has 0 saturated carbocycles. The zero-order valence-corrected chi connectivity index (χ0v) is 16.6. The van der Waals surface area contributed by atoms with Crippen LogP contribution in [0.1, 0.15) is 29.5 Å². The van der Waals surface area contributed by atoms with E-state index in [0.29, 0.717) is 10.6 Å². The average Bonchev–Trinajstić information content (AvgIpc) is 2.69. The van der Waals surface area contributed by atoms with Gasteiger partial charge in [-0.25, -0.2) is 4.39 Å². The number of rotatable bonds is 8. The summed E-state index contributed by atoms with van der Waals surface area (Å²) in [5, 5.41) is 0.346. The molecule has 0 aliphatic rings. The molecule has 3 aromatic rings. The molecule has 146 valence electrons. The Bertz CT molecular complexity index is 1000. The smallest absolute Gasteiger partial charge is 0.250 e. The molecule has 0 saturated heterocycles. The molecule has 28 heavy (non-hydrogen) atoms. The van der Waals surface area contributed by atoms with Crippen LogP contribution in [0.25, 0.3) is 0 Å². The summed E-state index contributed by atoms with van der Waals surface area (Å²) in [6.07, 6.45) is 5.71. The molecule has 0 radical (unpaired) electrons. The number of aryl methyl sites for hydroxylation is 2. The van der Waals surface area contributed by atoms with E-state index in [1.165, 1.54) is 11.6 Å². The minimum absolute atomic E-state index is 0.144. The maximum atomic E-state index is 14.0. The third-order valence-corrected chi connectivity index (χ3v) is 4.95. The molecule has 0 unspecified atom stereocenters. The van der Waals surface area contributed by atoms with E-state index in [2.05, 4.69) is 12.1 Å². The number of hydrogen-bond acceptors (Lipinski definition) is 2. The molecule has 0 amide bonds. The SMILES string of the molecule is COc1cccc(CCCCc2ccc(=O)n(Cc3ccc(Cl)cc3F)c2)c1. The van der Waals surface area contributed by atoms with Crippen molar-refractivity contribution in [2.75, 3.05) is 7.11 Å². The molecule has 1 heterocycles. The first-order chi connectivity index (χ1) is 13.5. The summed E-state index contributed by atoms with van der Waals surface area (Å²) in [6.45, 7) is 0.194. The lowest BCUT2D eigenvalue weighted by Crippen LogP contribution is -2.20. The van der Waals surface area contributed by atoms with E-state index in [4.69, 9.17) is 16.3 Å². The number of nitrogens with zero attached hydrogens (tertiary/aromatic N) is 1. The van der Waals surface area contributed by atoms with Gasteiger partial charge in [0, 0.05) is 22.8 Å². The first kappa shape index (κ1) is 20.2. The summed E-state index contributed by atoms with van der Waals surface area (Å²) in [5.41, 5.74) is 2.62. The third kappa shape index (κ3) is 5.46. The van der Waals surface area contributed by atoms with E-state index in [-0.39, 0.29) is 12.1 Å². The molecule has 0 fully saturated rings. The van der Waals surface area contributed by atoms with Gasteiger partial charge < -0.3 is 9.30 Å². The Balaban J connectivity index is 1.59. The van der Waals surface area contributed by atoms with Crippen molar-refractivity contribution in [1.29, 1.82) is 0 Å². The van der Waals surface area contributed by atoms with Crippen LogP contribution in [0.15, 0.2) is 65.6 Å². The maximum absolute atomic E-state index is 14.0. The normalized spacial score (nSPS) is 10.8. The van der Waals surface area contributed by atoms with Crippen LogP contribution in [0.2, 0.25) is 5.02 Å². The molecule has 0 bridgehead atoms. The number of halogens is 2. The van der Waals surface area contributed by atoms with Gasteiger partial charge in [-0.1, -0.05) is 35.9 Å². The summed E-state index contributed by atoms with van der Waals surface area (Å²) >= 11 is 5.79. The second-order valence-corrected chi connectivity index (χ2v) is 7.23. The van der Waals surface area contributed by atoms with Crippen molar-refractivity contribution in [3.63, 3.8) is 0 Å².